The van der Waals surface area contributed by atoms with Gasteiger partial charge in [0.15, 0.2) is 0 Å². The SMILES string of the molecule is CCN(CC)CCNC(=O)c1cc(=O)[nH]c(Cc2ccc(OC)cc2)n1. The van der Waals surface area contributed by atoms with E-state index in [1.165, 1.54) is 6.07 Å². The van der Waals surface area contributed by atoms with Crippen molar-refractivity contribution in [3.8, 4) is 5.75 Å². The molecule has 0 bridgehead atoms. The minimum absolute atomic E-state index is 0.136. The maximum absolute atomic E-state index is 12.3. The minimum atomic E-state index is -0.336. The number of carbonyl (C=O) groups excluding carboxylic acids is 1. The van der Waals surface area contributed by atoms with Crippen LogP contribution in [0.4, 0.5) is 0 Å². The van der Waals surface area contributed by atoms with E-state index in [4.69, 9.17) is 4.74 Å². The molecule has 2 N–H and O–H groups in total. The van der Waals surface area contributed by atoms with Gasteiger partial charge in [0.25, 0.3) is 11.5 Å². The number of likely N-dealkylation sites (N-methyl/N-ethyl adjacent to an activating group) is 1. The Morgan fingerprint density at radius 3 is 2.54 bits per heavy atom. The molecule has 140 valence electrons. The van der Waals surface area contributed by atoms with Crippen LogP contribution in [0.2, 0.25) is 0 Å². The summed E-state index contributed by atoms with van der Waals surface area (Å²) in [5.41, 5.74) is 0.766. The quantitative estimate of drug-likeness (QED) is 0.708. The van der Waals surface area contributed by atoms with Crippen LogP contribution in [-0.2, 0) is 6.42 Å². The Morgan fingerprint density at radius 1 is 1.23 bits per heavy atom. The molecule has 26 heavy (non-hydrogen) atoms. The molecule has 1 aromatic carbocycles. The Morgan fingerprint density at radius 2 is 1.92 bits per heavy atom. The van der Waals surface area contributed by atoms with Crippen molar-refractivity contribution in [1.82, 2.24) is 20.2 Å². The second-order valence-electron chi connectivity index (χ2n) is 5.88. The van der Waals surface area contributed by atoms with E-state index in [2.05, 4.69) is 34.0 Å². The number of H-pyrrole nitrogens is 1. The summed E-state index contributed by atoms with van der Waals surface area (Å²) in [5.74, 6) is 0.882. The average molecular weight is 358 g/mol. The highest BCUT2D eigenvalue weighted by Gasteiger charge is 2.11. The number of carbonyl (C=O) groups is 1. The molecule has 7 nitrogen and oxygen atoms in total. The average Bonchev–Trinajstić information content (AvgIpc) is 2.65. The molecule has 2 rings (SSSR count). The molecule has 1 amide bonds. The lowest BCUT2D eigenvalue weighted by atomic mass is 10.1. The van der Waals surface area contributed by atoms with Gasteiger partial charge < -0.3 is 19.9 Å². The van der Waals surface area contributed by atoms with Gasteiger partial charge in [-0.05, 0) is 30.8 Å². The van der Waals surface area contributed by atoms with E-state index < -0.39 is 0 Å². The maximum Gasteiger partial charge on any atom is 0.270 e. The van der Waals surface area contributed by atoms with Crippen LogP contribution >= 0.6 is 0 Å². The summed E-state index contributed by atoms with van der Waals surface area (Å²) >= 11 is 0. The second-order valence-corrected chi connectivity index (χ2v) is 5.88. The van der Waals surface area contributed by atoms with Crippen LogP contribution in [0.25, 0.3) is 0 Å². The summed E-state index contributed by atoms with van der Waals surface area (Å²) in [6.45, 7) is 7.30. The number of aromatic amines is 1. The number of ether oxygens (including phenoxy) is 1. The number of rotatable bonds is 9. The zero-order valence-corrected chi connectivity index (χ0v) is 15.5. The van der Waals surface area contributed by atoms with E-state index >= 15 is 0 Å². The molecule has 0 unspecified atom stereocenters. The van der Waals surface area contributed by atoms with E-state index in [9.17, 15) is 9.59 Å². The summed E-state index contributed by atoms with van der Waals surface area (Å²) in [7, 11) is 1.61. The third kappa shape index (κ3) is 5.70. The fraction of sp³-hybridized carbons (Fsp3) is 0.421. The summed E-state index contributed by atoms with van der Waals surface area (Å²) in [5, 5.41) is 2.82. The fourth-order valence-corrected chi connectivity index (χ4v) is 2.60. The smallest absolute Gasteiger partial charge is 0.270 e. The summed E-state index contributed by atoms with van der Waals surface area (Å²) in [4.78, 5) is 33.4. The number of amides is 1. The summed E-state index contributed by atoms with van der Waals surface area (Å²) in [6.07, 6.45) is 0.430. The lowest BCUT2D eigenvalue weighted by molar-refractivity contribution is 0.0943. The summed E-state index contributed by atoms with van der Waals surface area (Å²) < 4.78 is 5.13. The fourth-order valence-electron chi connectivity index (χ4n) is 2.60. The molecule has 2 aromatic rings. The second kappa shape index (κ2) is 9.72. The van der Waals surface area contributed by atoms with Crippen LogP contribution < -0.4 is 15.6 Å². The van der Waals surface area contributed by atoms with Crippen molar-refractivity contribution in [2.45, 2.75) is 20.3 Å². The highest BCUT2D eigenvalue weighted by Crippen LogP contribution is 2.13. The van der Waals surface area contributed by atoms with Crippen molar-refractivity contribution in [2.24, 2.45) is 0 Å². The van der Waals surface area contributed by atoms with E-state index in [0.717, 1.165) is 30.9 Å². The monoisotopic (exact) mass is 358 g/mol. The van der Waals surface area contributed by atoms with Gasteiger partial charge in [-0.3, -0.25) is 9.59 Å². The van der Waals surface area contributed by atoms with Crippen molar-refractivity contribution >= 4 is 5.91 Å². The molecule has 1 heterocycles. The van der Waals surface area contributed by atoms with Crippen LogP contribution in [0.5, 0.6) is 5.75 Å². The molecule has 0 saturated carbocycles. The normalized spacial score (nSPS) is 10.8. The Bertz CT molecular complexity index is 767. The number of nitrogens with one attached hydrogen (secondary N) is 2. The third-order valence-electron chi connectivity index (χ3n) is 4.16. The van der Waals surface area contributed by atoms with E-state index in [0.29, 0.717) is 18.8 Å². The van der Waals surface area contributed by atoms with Crippen LogP contribution in [0.3, 0.4) is 0 Å². The lowest BCUT2D eigenvalue weighted by Crippen LogP contribution is -2.35. The number of aromatic nitrogens is 2. The molecule has 0 aliphatic rings. The van der Waals surface area contributed by atoms with Crippen LogP contribution in [0.1, 0.15) is 35.7 Å². The zero-order chi connectivity index (χ0) is 18.9. The van der Waals surface area contributed by atoms with E-state index in [1.807, 2.05) is 24.3 Å². The van der Waals surface area contributed by atoms with Crippen molar-refractivity contribution in [3.63, 3.8) is 0 Å². The number of hydrogen-bond acceptors (Lipinski definition) is 5. The lowest BCUT2D eigenvalue weighted by Gasteiger charge is -2.17. The van der Waals surface area contributed by atoms with Crippen LogP contribution in [0, 0.1) is 0 Å². The maximum atomic E-state index is 12.3. The molecule has 7 heteroatoms. The molecule has 0 aliphatic heterocycles. The molecule has 0 aliphatic carbocycles. The molecule has 0 fully saturated rings. The van der Waals surface area contributed by atoms with Gasteiger partial charge in [-0.25, -0.2) is 4.98 Å². The first-order valence-corrected chi connectivity index (χ1v) is 8.79. The van der Waals surface area contributed by atoms with Gasteiger partial charge in [0.05, 0.1) is 7.11 Å². The molecule has 0 radical (unpaired) electrons. The number of methoxy groups -OCH3 is 1. The molecular weight excluding hydrogens is 332 g/mol. The highest BCUT2D eigenvalue weighted by molar-refractivity contribution is 5.92. The van der Waals surface area contributed by atoms with Gasteiger partial charge in [-0.2, -0.15) is 0 Å². The van der Waals surface area contributed by atoms with Gasteiger partial charge in [-0.1, -0.05) is 26.0 Å². The number of hydrogen-bond donors (Lipinski definition) is 2. The van der Waals surface area contributed by atoms with E-state index in [-0.39, 0.29) is 17.2 Å². The topological polar surface area (TPSA) is 87.3 Å². The molecular formula is C19H26N4O3. The Labute approximate surface area is 153 Å². The predicted octanol–water partition coefficient (Wildman–Crippen LogP) is 1.44. The number of benzene rings is 1. The summed E-state index contributed by atoms with van der Waals surface area (Å²) in [6, 6.07) is 8.71. The van der Waals surface area contributed by atoms with Crippen LogP contribution in [-0.4, -0.2) is 54.1 Å². The molecule has 1 aromatic heterocycles. The molecule has 0 atom stereocenters. The largest absolute Gasteiger partial charge is 0.497 e. The van der Waals surface area contributed by atoms with E-state index in [1.54, 1.807) is 7.11 Å². The first-order chi connectivity index (χ1) is 12.5. The minimum Gasteiger partial charge on any atom is -0.497 e. The first kappa shape index (κ1) is 19.7. The third-order valence-corrected chi connectivity index (χ3v) is 4.16. The first-order valence-electron chi connectivity index (χ1n) is 8.79. The van der Waals surface area contributed by atoms with Crippen molar-refractivity contribution in [1.29, 1.82) is 0 Å². The van der Waals surface area contributed by atoms with Crippen molar-refractivity contribution < 1.29 is 9.53 Å². The Balaban J connectivity index is 2.03. The Hall–Kier alpha value is -2.67. The Kier molecular flexibility index (Phi) is 7.35. The highest BCUT2D eigenvalue weighted by atomic mass is 16.5. The van der Waals surface area contributed by atoms with Crippen LogP contribution in [0.15, 0.2) is 35.1 Å². The number of nitrogens with zero attached hydrogens (tertiary/aromatic N) is 2. The standard InChI is InChI=1S/C19H26N4O3/c1-4-23(5-2)11-10-20-19(25)16-13-18(24)22-17(21-16)12-14-6-8-15(26-3)9-7-14/h6-9,13H,4-5,10-12H2,1-3H3,(H,20,25)(H,21,22,24). The van der Waals surface area contributed by atoms with Crippen molar-refractivity contribution in [2.75, 3.05) is 33.3 Å². The van der Waals surface area contributed by atoms with Gasteiger partial charge in [-0.15, -0.1) is 0 Å². The zero-order valence-electron chi connectivity index (χ0n) is 15.5. The molecule has 0 saturated heterocycles. The van der Waals surface area contributed by atoms with Crippen molar-refractivity contribution in [3.05, 3.63) is 57.8 Å². The predicted molar refractivity (Wildman–Crippen MR) is 101 cm³/mol. The van der Waals surface area contributed by atoms with Gasteiger partial charge in [0.2, 0.25) is 0 Å². The molecule has 0 spiro atoms. The van der Waals surface area contributed by atoms with Gasteiger partial charge in [0, 0.05) is 25.6 Å². The van der Waals surface area contributed by atoms with Gasteiger partial charge >= 0.3 is 0 Å². The van der Waals surface area contributed by atoms with Gasteiger partial charge in [0.1, 0.15) is 17.3 Å².